The average Bonchev–Trinajstić information content (AvgIpc) is 2.95. The van der Waals surface area contributed by atoms with Gasteiger partial charge in [-0.15, -0.1) is 24.8 Å². The molecule has 0 bridgehead atoms. The SMILES string of the molecule is CCCC(N)C(=O)Nc1ccnn1C1CCN(CC)CC1.Cl.Cl. The number of anilines is 1. The van der Waals surface area contributed by atoms with Crippen molar-refractivity contribution >= 4 is 36.5 Å². The lowest BCUT2D eigenvalue weighted by atomic mass is 10.1. The Bertz CT molecular complexity index is 460. The zero-order chi connectivity index (χ0) is 15.2. The van der Waals surface area contributed by atoms with Gasteiger partial charge < -0.3 is 16.0 Å². The number of carbonyl (C=O) groups excluding carboxylic acids is 1. The number of nitrogens with one attached hydrogen (secondary N) is 1. The highest BCUT2D eigenvalue weighted by Gasteiger charge is 2.23. The first-order valence-electron chi connectivity index (χ1n) is 7.98. The van der Waals surface area contributed by atoms with Gasteiger partial charge >= 0.3 is 0 Å². The highest BCUT2D eigenvalue weighted by atomic mass is 35.5. The zero-order valence-electron chi connectivity index (χ0n) is 13.9. The molecule has 134 valence electrons. The summed E-state index contributed by atoms with van der Waals surface area (Å²) in [6, 6.07) is 1.77. The van der Waals surface area contributed by atoms with Gasteiger partial charge in [0.05, 0.1) is 18.3 Å². The molecule has 2 heterocycles. The van der Waals surface area contributed by atoms with Crippen LogP contribution in [0, 0.1) is 0 Å². The summed E-state index contributed by atoms with van der Waals surface area (Å²) in [4.78, 5) is 14.5. The van der Waals surface area contributed by atoms with E-state index in [1.807, 2.05) is 17.7 Å². The lowest BCUT2D eigenvalue weighted by Crippen LogP contribution is -2.37. The van der Waals surface area contributed by atoms with Crippen molar-refractivity contribution in [2.45, 2.75) is 51.6 Å². The zero-order valence-corrected chi connectivity index (χ0v) is 15.5. The largest absolute Gasteiger partial charge is 0.320 e. The monoisotopic (exact) mass is 365 g/mol. The molecule has 1 fully saturated rings. The minimum absolute atomic E-state index is 0. The van der Waals surface area contributed by atoms with Crippen LogP contribution >= 0.6 is 24.8 Å². The van der Waals surface area contributed by atoms with E-state index in [4.69, 9.17) is 5.73 Å². The molecule has 1 aliphatic rings. The van der Waals surface area contributed by atoms with Crippen LogP contribution in [0.4, 0.5) is 5.82 Å². The van der Waals surface area contributed by atoms with Crippen molar-refractivity contribution in [1.82, 2.24) is 14.7 Å². The van der Waals surface area contributed by atoms with Crippen LogP contribution in [-0.4, -0.2) is 46.3 Å². The summed E-state index contributed by atoms with van der Waals surface area (Å²) in [7, 11) is 0. The number of hydrogen-bond donors (Lipinski definition) is 2. The van der Waals surface area contributed by atoms with Crippen LogP contribution in [0.3, 0.4) is 0 Å². The van der Waals surface area contributed by atoms with Crippen molar-refractivity contribution in [3.63, 3.8) is 0 Å². The van der Waals surface area contributed by atoms with Gasteiger partial charge in [0.2, 0.25) is 5.91 Å². The van der Waals surface area contributed by atoms with Crippen molar-refractivity contribution in [1.29, 1.82) is 0 Å². The molecule has 1 aliphatic heterocycles. The maximum atomic E-state index is 12.0. The summed E-state index contributed by atoms with van der Waals surface area (Å²) in [6.45, 7) is 7.49. The van der Waals surface area contributed by atoms with E-state index in [2.05, 4.69) is 22.2 Å². The smallest absolute Gasteiger partial charge is 0.242 e. The minimum Gasteiger partial charge on any atom is -0.320 e. The topological polar surface area (TPSA) is 76.2 Å². The first-order chi connectivity index (χ1) is 10.2. The van der Waals surface area contributed by atoms with Gasteiger partial charge in [0.1, 0.15) is 5.82 Å². The van der Waals surface area contributed by atoms with Gasteiger partial charge in [-0.25, -0.2) is 4.68 Å². The normalized spacial score (nSPS) is 17.0. The molecule has 3 N–H and O–H groups in total. The molecule has 2 rings (SSSR count). The molecule has 1 unspecified atom stereocenters. The summed E-state index contributed by atoms with van der Waals surface area (Å²) >= 11 is 0. The molecule has 1 aromatic heterocycles. The van der Waals surface area contributed by atoms with E-state index in [9.17, 15) is 4.79 Å². The quantitative estimate of drug-likeness (QED) is 0.811. The van der Waals surface area contributed by atoms with E-state index < -0.39 is 6.04 Å². The van der Waals surface area contributed by atoms with Gasteiger partial charge in [0.25, 0.3) is 0 Å². The van der Waals surface area contributed by atoms with E-state index in [0.29, 0.717) is 12.5 Å². The van der Waals surface area contributed by atoms with Gasteiger partial charge in [0, 0.05) is 19.2 Å². The van der Waals surface area contributed by atoms with Crippen molar-refractivity contribution in [2.24, 2.45) is 5.73 Å². The second-order valence-electron chi connectivity index (χ2n) is 5.71. The Balaban J connectivity index is 0.00000242. The molecule has 1 aromatic rings. The molecule has 1 atom stereocenters. The molecular formula is C15H29Cl2N5O. The van der Waals surface area contributed by atoms with Crippen molar-refractivity contribution < 1.29 is 4.79 Å². The van der Waals surface area contributed by atoms with Crippen LogP contribution in [0.2, 0.25) is 0 Å². The van der Waals surface area contributed by atoms with E-state index in [1.54, 1.807) is 6.20 Å². The van der Waals surface area contributed by atoms with Gasteiger partial charge in [-0.1, -0.05) is 20.3 Å². The molecule has 8 heteroatoms. The Morgan fingerprint density at radius 2 is 2.04 bits per heavy atom. The molecule has 0 aliphatic carbocycles. The standard InChI is InChI=1S/C15H27N5O.2ClH/c1-3-5-13(16)15(21)18-14-6-9-17-20(14)12-7-10-19(4-2)11-8-12;;/h6,9,12-13H,3-5,7-8,10-11,16H2,1-2H3,(H,18,21);2*1H. The molecule has 6 nitrogen and oxygen atoms in total. The fourth-order valence-electron chi connectivity index (χ4n) is 2.85. The summed E-state index contributed by atoms with van der Waals surface area (Å²) in [6.07, 6.45) is 5.49. The van der Waals surface area contributed by atoms with E-state index in [0.717, 1.165) is 44.7 Å². The van der Waals surface area contributed by atoms with E-state index >= 15 is 0 Å². The van der Waals surface area contributed by atoms with Gasteiger partial charge in [-0.2, -0.15) is 5.10 Å². The molecule has 1 amide bonds. The maximum absolute atomic E-state index is 12.0. The summed E-state index contributed by atoms with van der Waals surface area (Å²) in [5.74, 6) is 0.645. The third kappa shape index (κ3) is 5.95. The number of hydrogen-bond acceptors (Lipinski definition) is 4. The number of halogens is 2. The highest BCUT2D eigenvalue weighted by Crippen LogP contribution is 2.25. The van der Waals surface area contributed by atoms with Crippen LogP contribution in [0.5, 0.6) is 0 Å². The average molecular weight is 366 g/mol. The van der Waals surface area contributed by atoms with Crippen LogP contribution in [0.15, 0.2) is 12.3 Å². The van der Waals surface area contributed by atoms with E-state index in [-0.39, 0.29) is 30.7 Å². The number of carbonyl (C=O) groups is 1. The number of piperidine rings is 1. The minimum atomic E-state index is -0.444. The Labute approximate surface area is 151 Å². The Morgan fingerprint density at radius 3 is 2.61 bits per heavy atom. The first-order valence-corrected chi connectivity index (χ1v) is 7.98. The predicted molar refractivity (Wildman–Crippen MR) is 98.6 cm³/mol. The first kappa shape index (κ1) is 22.2. The number of aromatic nitrogens is 2. The van der Waals surface area contributed by atoms with Gasteiger partial charge in [-0.3, -0.25) is 4.79 Å². The van der Waals surface area contributed by atoms with Crippen LogP contribution in [0.1, 0.15) is 45.6 Å². The summed E-state index contributed by atoms with van der Waals surface area (Å²) < 4.78 is 1.95. The molecule has 0 saturated carbocycles. The number of nitrogens with zero attached hydrogens (tertiary/aromatic N) is 3. The molecule has 0 aromatic carbocycles. The number of rotatable bonds is 6. The fourth-order valence-corrected chi connectivity index (χ4v) is 2.85. The van der Waals surface area contributed by atoms with Gasteiger partial charge in [0.15, 0.2) is 0 Å². The fraction of sp³-hybridized carbons (Fsp3) is 0.733. The van der Waals surface area contributed by atoms with E-state index in [1.165, 1.54) is 0 Å². The molecule has 23 heavy (non-hydrogen) atoms. The third-order valence-corrected chi connectivity index (χ3v) is 4.21. The summed E-state index contributed by atoms with van der Waals surface area (Å²) in [5.41, 5.74) is 5.86. The highest BCUT2D eigenvalue weighted by molar-refractivity contribution is 5.93. The lowest BCUT2D eigenvalue weighted by Gasteiger charge is -2.31. The molecular weight excluding hydrogens is 337 g/mol. The Kier molecular flexibility index (Phi) is 10.5. The van der Waals surface area contributed by atoms with Crippen molar-refractivity contribution in [2.75, 3.05) is 25.0 Å². The molecule has 1 saturated heterocycles. The Hall–Kier alpha value is -0.820. The van der Waals surface area contributed by atoms with Crippen LogP contribution < -0.4 is 11.1 Å². The van der Waals surface area contributed by atoms with Crippen molar-refractivity contribution in [3.05, 3.63) is 12.3 Å². The molecule has 0 radical (unpaired) electrons. The molecule has 0 spiro atoms. The second kappa shape index (κ2) is 10.9. The number of nitrogens with two attached hydrogens (primary N) is 1. The van der Waals surface area contributed by atoms with Crippen LogP contribution in [-0.2, 0) is 4.79 Å². The lowest BCUT2D eigenvalue weighted by molar-refractivity contribution is -0.117. The van der Waals surface area contributed by atoms with Crippen LogP contribution in [0.25, 0.3) is 0 Å². The number of amides is 1. The second-order valence-corrected chi connectivity index (χ2v) is 5.71. The van der Waals surface area contributed by atoms with Crippen molar-refractivity contribution in [3.8, 4) is 0 Å². The Morgan fingerprint density at radius 1 is 1.39 bits per heavy atom. The van der Waals surface area contributed by atoms with Gasteiger partial charge in [-0.05, 0) is 25.8 Å². The maximum Gasteiger partial charge on any atom is 0.242 e. The summed E-state index contributed by atoms with van der Waals surface area (Å²) in [5, 5.41) is 7.31. The number of likely N-dealkylation sites (tertiary alicyclic amines) is 1. The predicted octanol–water partition coefficient (Wildman–Crippen LogP) is 2.45. The third-order valence-electron chi connectivity index (χ3n) is 4.21.